The van der Waals surface area contributed by atoms with Gasteiger partial charge in [0.2, 0.25) is 0 Å². The third-order valence-electron chi connectivity index (χ3n) is 3.88. The van der Waals surface area contributed by atoms with Crippen LogP contribution in [-0.2, 0) is 15.6 Å². The van der Waals surface area contributed by atoms with Gasteiger partial charge in [-0.2, -0.15) is 8.78 Å². The van der Waals surface area contributed by atoms with Crippen molar-refractivity contribution in [3.63, 3.8) is 0 Å². The lowest BCUT2D eigenvalue weighted by Gasteiger charge is -2.28. The molecule has 0 bridgehead atoms. The van der Waals surface area contributed by atoms with Crippen molar-refractivity contribution in [3.8, 4) is 5.75 Å². The average molecular weight is 392 g/mol. The molecular weight excluding hydrogens is 378 g/mol. The summed E-state index contributed by atoms with van der Waals surface area (Å²) in [6, 6.07) is 3.20. The summed E-state index contributed by atoms with van der Waals surface area (Å²) in [7, 11) is 0. The van der Waals surface area contributed by atoms with Crippen LogP contribution in [0.15, 0.2) is 30.3 Å². The van der Waals surface area contributed by atoms with Gasteiger partial charge in [0.25, 0.3) is 0 Å². The van der Waals surface area contributed by atoms with Crippen LogP contribution in [0.2, 0.25) is 0 Å². The SMILES string of the molecule is CC1COC(c2ccc(C(F)(F)Oc3ccc(F)c(F)c3)c(F)c2F)OC1. The highest BCUT2D eigenvalue weighted by molar-refractivity contribution is 5.31. The minimum atomic E-state index is -4.34. The molecule has 0 saturated carbocycles. The fourth-order valence-electron chi connectivity index (χ4n) is 2.49. The standard InChI is InChI=1S/C18H14F6O3/c1-9-7-25-17(26-8-9)11-3-4-12(16(22)15(11)21)18(23,24)27-10-2-5-13(19)14(20)6-10/h2-6,9,17H,7-8H2,1H3. The van der Waals surface area contributed by atoms with Crippen molar-refractivity contribution in [2.75, 3.05) is 13.2 Å². The molecule has 0 N–H and O–H groups in total. The predicted octanol–water partition coefficient (Wildman–Crippen LogP) is 5.05. The maximum Gasteiger partial charge on any atom is 0.429 e. The molecule has 0 unspecified atom stereocenters. The maximum atomic E-state index is 14.3. The molecule has 0 aromatic heterocycles. The minimum Gasteiger partial charge on any atom is -0.429 e. The molecule has 9 heteroatoms. The summed E-state index contributed by atoms with van der Waals surface area (Å²) >= 11 is 0. The van der Waals surface area contributed by atoms with Crippen LogP contribution in [-0.4, -0.2) is 13.2 Å². The quantitative estimate of drug-likeness (QED) is 0.682. The summed E-state index contributed by atoms with van der Waals surface area (Å²) in [5.74, 6) is -6.82. The van der Waals surface area contributed by atoms with Crippen LogP contribution in [0, 0.1) is 29.2 Å². The first-order chi connectivity index (χ1) is 12.7. The van der Waals surface area contributed by atoms with E-state index in [2.05, 4.69) is 4.74 Å². The monoisotopic (exact) mass is 392 g/mol. The smallest absolute Gasteiger partial charge is 0.429 e. The first-order valence-electron chi connectivity index (χ1n) is 7.92. The number of hydrogen-bond acceptors (Lipinski definition) is 3. The molecule has 1 heterocycles. The summed E-state index contributed by atoms with van der Waals surface area (Å²) < 4.78 is 97.7. The highest BCUT2D eigenvalue weighted by Gasteiger charge is 2.40. The van der Waals surface area contributed by atoms with Gasteiger partial charge in [0.05, 0.1) is 13.2 Å². The summed E-state index contributed by atoms with van der Waals surface area (Å²) in [4.78, 5) is 0. The number of halogens is 6. The van der Waals surface area contributed by atoms with E-state index in [0.29, 0.717) is 18.2 Å². The van der Waals surface area contributed by atoms with Gasteiger partial charge in [-0.1, -0.05) is 13.0 Å². The molecule has 2 aromatic carbocycles. The zero-order chi connectivity index (χ0) is 19.8. The molecule has 2 aromatic rings. The van der Waals surface area contributed by atoms with Crippen molar-refractivity contribution >= 4 is 0 Å². The van der Waals surface area contributed by atoms with E-state index >= 15 is 0 Å². The van der Waals surface area contributed by atoms with Crippen molar-refractivity contribution < 1.29 is 40.6 Å². The maximum absolute atomic E-state index is 14.3. The van der Waals surface area contributed by atoms with Gasteiger partial charge in [-0.05, 0) is 18.2 Å². The summed E-state index contributed by atoms with van der Waals surface area (Å²) in [5, 5.41) is 0. The molecule has 27 heavy (non-hydrogen) atoms. The molecule has 0 atom stereocenters. The van der Waals surface area contributed by atoms with Crippen LogP contribution in [0.4, 0.5) is 26.3 Å². The first-order valence-corrected chi connectivity index (χ1v) is 7.92. The molecule has 0 radical (unpaired) electrons. The number of alkyl halides is 2. The van der Waals surface area contributed by atoms with E-state index in [1.165, 1.54) is 0 Å². The van der Waals surface area contributed by atoms with Crippen LogP contribution in [0.25, 0.3) is 0 Å². The summed E-state index contributed by atoms with van der Waals surface area (Å²) in [5.41, 5.74) is -1.77. The Bertz CT molecular complexity index is 834. The van der Waals surface area contributed by atoms with Crippen molar-refractivity contribution in [2.45, 2.75) is 19.3 Å². The van der Waals surface area contributed by atoms with Gasteiger partial charge < -0.3 is 14.2 Å². The Hall–Kier alpha value is -2.26. The fourth-order valence-corrected chi connectivity index (χ4v) is 2.49. The van der Waals surface area contributed by atoms with Crippen LogP contribution < -0.4 is 4.74 Å². The topological polar surface area (TPSA) is 27.7 Å². The second kappa shape index (κ2) is 7.40. The lowest BCUT2D eigenvalue weighted by atomic mass is 10.1. The Kier molecular flexibility index (Phi) is 5.34. The molecule has 1 aliphatic rings. The molecular formula is C18H14F6O3. The Labute approximate surface area is 150 Å². The molecule has 3 nitrogen and oxygen atoms in total. The third kappa shape index (κ3) is 4.03. The van der Waals surface area contributed by atoms with Crippen molar-refractivity contribution in [1.29, 1.82) is 0 Å². The Morgan fingerprint density at radius 2 is 1.59 bits per heavy atom. The van der Waals surface area contributed by atoms with Crippen LogP contribution in [0.5, 0.6) is 5.75 Å². The number of ether oxygens (including phenoxy) is 3. The average Bonchev–Trinajstić information content (AvgIpc) is 2.61. The largest absolute Gasteiger partial charge is 0.429 e. The van der Waals surface area contributed by atoms with E-state index in [1.54, 1.807) is 0 Å². The van der Waals surface area contributed by atoms with E-state index in [-0.39, 0.29) is 24.7 Å². The first kappa shape index (κ1) is 19.5. The van der Waals surface area contributed by atoms with E-state index < -0.39 is 47.0 Å². The zero-order valence-corrected chi connectivity index (χ0v) is 13.9. The molecule has 0 spiro atoms. The van der Waals surface area contributed by atoms with Gasteiger partial charge in [0.15, 0.2) is 29.6 Å². The van der Waals surface area contributed by atoms with Crippen molar-refractivity contribution in [2.24, 2.45) is 5.92 Å². The Balaban J connectivity index is 1.87. The summed E-state index contributed by atoms with van der Waals surface area (Å²) in [6.07, 6.45) is -5.55. The number of hydrogen-bond donors (Lipinski definition) is 0. The predicted molar refractivity (Wildman–Crippen MR) is 81.0 cm³/mol. The van der Waals surface area contributed by atoms with Crippen molar-refractivity contribution in [1.82, 2.24) is 0 Å². The second-order valence-electron chi connectivity index (χ2n) is 6.13. The third-order valence-corrected chi connectivity index (χ3v) is 3.88. The van der Waals surface area contributed by atoms with Gasteiger partial charge in [-0.3, -0.25) is 0 Å². The highest BCUT2D eigenvalue weighted by Crippen LogP contribution is 2.37. The van der Waals surface area contributed by atoms with Gasteiger partial charge >= 0.3 is 6.11 Å². The van der Waals surface area contributed by atoms with E-state index in [0.717, 1.165) is 12.1 Å². The van der Waals surface area contributed by atoms with E-state index in [4.69, 9.17) is 9.47 Å². The second-order valence-corrected chi connectivity index (χ2v) is 6.13. The molecule has 1 saturated heterocycles. The van der Waals surface area contributed by atoms with Crippen molar-refractivity contribution in [3.05, 3.63) is 64.7 Å². The van der Waals surface area contributed by atoms with Gasteiger partial charge in [0, 0.05) is 17.5 Å². The number of rotatable bonds is 4. The zero-order valence-electron chi connectivity index (χ0n) is 13.9. The molecule has 146 valence electrons. The van der Waals surface area contributed by atoms with Gasteiger partial charge in [-0.15, -0.1) is 0 Å². The van der Waals surface area contributed by atoms with Crippen LogP contribution >= 0.6 is 0 Å². The molecule has 0 aliphatic carbocycles. The Morgan fingerprint density at radius 1 is 0.926 bits per heavy atom. The molecule has 3 rings (SSSR count). The fraction of sp³-hybridized carbons (Fsp3) is 0.333. The van der Waals surface area contributed by atoms with Gasteiger partial charge in [0.1, 0.15) is 11.3 Å². The molecule has 1 aliphatic heterocycles. The van der Waals surface area contributed by atoms with Gasteiger partial charge in [-0.25, -0.2) is 17.6 Å². The number of benzene rings is 2. The van der Waals surface area contributed by atoms with E-state index in [9.17, 15) is 26.3 Å². The molecule has 1 fully saturated rings. The highest BCUT2D eigenvalue weighted by atomic mass is 19.3. The molecule has 0 amide bonds. The Morgan fingerprint density at radius 3 is 2.22 bits per heavy atom. The van der Waals surface area contributed by atoms with Crippen LogP contribution in [0.1, 0.15) is 24.3 Å². The van der Waals surface area contributed by atoms with E-state index in [1.807, 2.05) is 6.92 Å². The lowest BCUT2D eigenvalue weighted by molar-refractivity contribution is -0.204. The minimum absolute atomic E-state index is 0.0577. The summed E-state index contributed by atoms with van der Waals surface area (Å²) in [6.45, 7) is 2.30. The lowest BCUT2D eigenvalue weighted by Crippen LogP contribution is -2.27. The normalized spacial score (nSPS) is 20.6. The van der Waals surface area contributed by atoms with Crippen LogP contribution in [0.3, 0.4) is 0 Å².